The third-order valence-electron chi connectivity index (χ3n) is 3.72. The molecule has 6 nitrogen and oxygen atoms in total. The molecule has 0 saturated carbocycles. The summed E-state index contributed by atoms with van der Waals surface area (Å²) < 4.78 is 4.88. The van der Waals surface area contributed by atoms with Gasteiger partial charge in [0.1, 0.15) is 0 Å². The Labute approximate surface area is 134 Å². The molecule has 1 amide bonds. The van der Waals surface area contributed by atoms with Gasteiger partial charge in [0.15, 0.2) is 5.13 Å². The number of thiazole rings is 1. The van der Waals surface area contributed by atoms with Crippen LogP contribution in [0.3, 0.4) is 0 Å². The van der Waals surface area contributed by atoms with Crippen LogP contribution in [0.25, 0.3) is 0 Å². The second-order valence-corrected chi connectivity index (χ2v) is 6.35. The largest absolute Gasteiger partial charge is 0.466 e. The average Bonchev–Trinajstić information content (AvgIpc) is 2.88. The number of ether oxygens (including phenoxy) is 1. The molecule has 122 valence electrons. The molecule has 2 heterocycles. The fourth-order valence-corrected chi connectivity index (χ4v) is 3.27. The lowest BCUT2D eigenvalue weighted by atomic mass is 10.0. The molecule has 1 aliphatic rings. The molecule has 1 fully saturated rings. The first-order valence-corrected chi connectivity index (χ1v) is 8.60. The van der Waals surface area contributed by atoms with E-state index in [4.69, 9.17) is 4.74 Å². The lowest BCUT2D eigenvalue weighted by Crippen LogP contribution is -2.42. The van der Waals surface area contributed by atoms with E-state index in [1.54, 1.807) is 12.3 Å². The van der Waals surface area contributed by atoms with Gasteiger partial charge < -0.3 is 10.1 Å². The van der Waals surface area contributed by atoms with Crippen molar-refractivity contribution in [2.24, 2.45) is 0 Å². The summed E-state index contributed by atoms with van der Waals surface area (Å²) in [6, 6.07) is 0.454. The van der Waals surface area contributed by atoms with Crippen molar-refractivity contribution in [3.63, 3.8) is 0 Å². The first-order valence-electron chi connectivity index (χ1n) is 7.72. The summed E-state index contributed by atoms with van der Waals surface area (Å²) >= 11 is 1.33. The molecule has 1 saturated heterocycles. The van der Waals surface area contributed by atoms with Crippen LogP contribution in [0.5, 0.6) is 0 Å². The van der Waals surface area contributed by atoms with Gasteiger partial charge >= 0.3 is 5.97 Å². The maximum absolute atomic E-state index is 12.1. The predicted molar refractivity (Wildman–Crippen MR) is 86.0 cm³/mol. The number of likely N-dealkylation sites (tertiary alicyclic amines) is 1. The highest BCUT2D eigenvalue weighted by molar-refractivity contribution is 7.13. The number of piperidine rings is 1. The maximum atomic E-state index is 12.1. The van der Waals surface area contributed by atoms with Gasteiger partial charge in [-0.1, -0.05) is 6.42 Å². The van der Waals surface area contributed by atoms with Crippen LogP contribution in [-0.2, 0) is 20.7 Å². The average molecular weight is 325 g/mol. The SMILES string of the molecule is CCOC(=O)Cc1csc(NC(=O)CN2CCCCC2C)n1. The summed E-state index contributed by atoms with van der Waals surface area (Å²) in [7, 11) is 0. The Morgan fingerprint density at radius 3 is 3.05 bits per heavy atom. The van der Waals surface area contributed by atoms with Crippen LogP contribution < -0.4 is 5.32 Å². The fraction of sp³-hybridized carbons (Fsp3) is 0.667. The van der Waals surface area contributed by atoms with E-state index in [0.717, 1.165) is 19.4 Å². The summed E-state index contributed by atoms with van der Waals surface area (Å²) in [5, 5.41) is 5.12. The zero-order valence-corrected chi connectivity index (χ0v) is 13.9. The smallest absolute Gasteiger partial charge is 0.311 e. The van der Waals surface area contributed by atoms with Crippen LogP contribution in [0, 0.1) is 0 Å². The number of rotatable bonds is 6. The van der Waals surface area contributed by atoms with Crippen LogP contribution in [0.1, 0.15) is 38.8 Å². The summed E-state index contributed by atoms with van der Waals surface area (Å²) in [6.07, 6.45) is 3.68. The minimum absolute atomic E-state index is 0.0502. The molecule has 0 radical (unpaired) electrons. The highest BCUT2D eigenvalue weighted by Crippen LogP contribution is 2.18. The molecule has 22 heavy (non-hydrogen) atoms. The molecule has 1 aliphatic heterocycles. The van der Waals surface area contributed by atoms with Crippen molar-refractivity contribution in [1.82, 2.24) is 9.88 Å². The Bertz CT molecular complexity index is 518. The third kappa shape index (κ3) is 5.06. The van der Waals surface area contributed by atoms with Crippen molar-refractivity contribution in [3.8, 4) is 0 Å². The first kappa shape index (κ1) is 16.9. The molecule has 1 aromatic heterocycles. The number of hydrogen-bond donors (Lipinski definition) is 1. The number of anilines is 1. The highest BCUT2D eigenvalue weighted by Gasteiger charge is 2.21. The van der Waals surface area contributed by atoms with Gasteiger partial charge in [0.2, 0.25) is 5.91 Å². The summed E-state index contributed by atoms with van der Waals surface area (Å²) in [5.41, 5.74) is 0.630. The molecule has 1 N–H and O–H groups in total. The normalized spacial score (nSPS) is 18.9. The Hall–Kier alpha value is -1.47. The highest BCUT2D eigenvalue weighted by atomic mass is 32.1. The van der Waals surface area contributed by atoms with Crippen molar-refractivity contribution >= 4 is 28.3 Å². The van der Waals surface area contributed by atoms with Gasteiger partial charge in [-0.15, -0.1) is 11.3 Å². The van der Waals surface area contributed by atoms with Crippen LogP contribution in [0.15, 0.2) is 5.38 Å². The van der Waals surface area contributed by atoms with Crippen molar-refractivity contribution in [3.05, 3.63) is 11.1 Å². The molecule has 0 aromatic carbocycles. The van der Waals surface area contributed by atoms with E-state index >= 15 is 0 Å². The zero-order valence-electron chi connectivity index (χ0n) is 13.1. The van der Waals surface area contributed by atoms with Crippen LogP contribution >= 0.6 is 11.3 Å². The minimum Gasteiger partial charge on any atom is -0.466 e. The van der Waals surface area contributed by atoms with E-state index in [-0.39, 0.29) is 18.3 Å². The maximum Gasteiger partial charge on any atom is 0.311 e. The Morgan fingerprint density at radius 2 is 2.32 bits per heavy atom. The Kier molecular flexibility index (Phi) is 6.33. The number of hydrogen-bond acceptors (Lipinski definition) is 6. The first-order chi connectivity index (χ1) is 10.6. The van der Waals surface area contributed by atoms with Gasteiger partial charge in [-0.2, -0.15) is 0 Å². The quantitative estimate of drug-likeness (QED) is 0.811. The number of esters is 1. The predicted octanol–water partition coefficient (Wildman–Crippen LogP) is 2.06. The number of carbonyl (C=O) groups is 2. The second-order valence-electron chi connectivity index (χ2n) is 5.49. The molecular formula is C15H23N3O3S. The summed E-state index contributed by atoms with van der Waals surface area (Å²) in [5.74, 6) is -0.349. The van der Waals surface area contributed by atoms with Crippen molar-refractivity contribution in [2.75, 3.05) is 25.0 Å². The second kappa shape index (κ2) is 8.24. The van der Waals surface area contributed by atoms with E-state index in [0.29, 0.717) is 30.0 Å². The molecular weight excluding hydrogens is 302 g/mol. The molecule has 2 rings (SSSR count). The van der Waals surface area contributed by atoms with Gasteiger partial charge in [0.05, 0.1) is 25.3 Å². The number of aromatic nitrogens is 1. The standard InChI is InChI=1S/C15H23N3O3S/c1-3-21-14(20)8-12-10-22-15(16-12)17-13(19)9-18-7-5-4-6-11(18)2/h10-11H,3-9H2,1-2H3,(H,16,17,19). The lowest BCUT2D eigenvalue weighted by Gasteiger charge is -2.32. The van der Waals surface area contributed by atoms with Gasteiger partial charge in [-0.25, -0.2) is 4.98 Å². The summed E-state index contributed by atoms with van der Waals surface area (Å²) in [6.45, 7) is 5.66. The molecule has 1 unspecified atom stereocenters. The monoisotopic (exact) mass is 325 g/mol. The van der Waals surface area contributed by atoms with E-state index < -0.39 is 0 Å². The molecule has 0 aliphatic carbocycles. The van der Waals surface area contributed by atoms with Crippen LogP contribution in [0.2, 0.25) is 0 Å². The van der Waals surface area contributed by atoms with Crippen molar-refractivity contribution in [2.45, 2.75) is 45.6 Å². The van der Waals surface area contributed by atoms with E-state index in [1.807, 2.05) is 0 Å². The van der Waals surface area contributed by atoms with Crippen LogP contribution in [-0.4, -0.2) is 47.5 Å². The number of carbonyl (C=O) groups excluding carboxylic acids is 2. The van der Waals surface area contributed by atoms with Gasteiger partial charge in [-0.3, -0.25) is 14.5 Å². The van der Waals surface area contributed by atoms with Crippen molar-refractivity contribution in [1.29, 1.82) is 0 Å². The Morgan fingerprint density at radius 1 is 1.50 bits per heavy atom. The number of nitrogens with zero attached hydrogens (tertiary/aromatic N) is 2. The zero-order chi connectivity index (χ0) is 15.9. The lowest BCUT2D eigenvalue weighted by molar-refractivity contribution is -0.142. The minimum atomic E-state index is -0.298. The molecule has 1 atom stereocenters. The Balaban J connectivity index is 1.81. The number of nitrogens with one attached hydrogen (secondary N) is 1. The number of amides is 1. The topological polar surface area (TPSA) is 71.5 Å². The fourth-order valence-electron chi connectivity index (χ4n) is 2.54. The molecule has 7 heteroatoms. The van der Waals surface area contributed by atoms with E-state index in [9.17, 15) is 9.59 Å². The van der Waals surface area contributed by atoms with Crippen molar-refractivity contribution < 1.29 is 14.3 Å². The molecule has 0 spiro atoms. The van der Waals surface area contributed by atoms with E-state index in [2.05, 4.69) is 22.1 Å². The third-order valence-corrected chi connectivity index (χ3v) is 4.52. The van der Waals surface area contributed by atoms with E-state index in [1.165, 1.54) is 17.8 Å². The summed E-state index contributed by atoms with van der Waals surface area (Å²) in [4.78, 5) is 29.9. The molecule has 0 bridgehead atoms. The van der Waals surface area contributed by atoms with Gasteiger partial charge in [-0.05, 0) is 33.2 Å². The van der Waals surface area contributed by atoms with Crippen LogP contribution in [0.4, 0.5) is 5.13 Å². The van der Waals surface area contributed by atoms with Gasteiger partial charge in [0, 0.05) is 11.4 Å². The van der Waals surface area contributed by atoms with Gasteiger partial charge in [0.25, 0.3) is 0 Å². The molecule has 1 aromatic rings.